The zero-order chi connectivity index (χ0) is 21.6. The van der Waals surface area contributed by atoms with Crippen LogP contribution in [0.4, 0.5) is 5.69 Å². The molecule has 156 valence electrons. The van der Waals surface area contributed by atoms with Crippen molar-refractivity contribution in [3.8, 4) is 0 Å². The summed E-state index contributed by atoms with van der Waals surface area (Å²) >= 11 is 0. The number of rotatable bonds is 4. The molecule has 0 radical (unpaired) electrons. The van der Waals surface area contributed by atoms with E-state index < -0.39 is 11.8 Å². The van der Waals surface area contributed by atoms with E-state index in [0.29, 0.717) is 6.42 Å². The Bertz CT molecular complexity index is 1100. The van der Waals surface area contributed by atoms with Gasteiger partial charge in [-0.2, -0.15) is 5.10 Å². The summed E-state index contributed by atoms with van der Waals surface area (Å²) in [4.78, 5) is 24.7. The van der Waals surface area contributed by atoms with E-state index in [2.05, 4.69) is 33.3 Å². The Morgan fingerprint density at radius 2 is 1.55 bits per heavy atom. The normalized spacial score (nSPS) is 17.2. The molecular formula is C25H24N4O2. The highest BCUT2D eigenvalue weighted by atomic mass is 16.2. The van der Waals surface area contributed by atoms with Gasteiger partial charge in [0, 0.05) is 17.7 Å². The second-order valence-corrected chi connectivity index (χ2v) is 7.46. The molecular weight excluding hydrogens is 388 g/mol. The summed E-state index contributed by atoms with van der Waals surface area (Å²) in [5.74, 6) is -1.51. The molecule has 1 aliphatic heterocycles. The van der Waals surface area contributed by atoms with Gasteiger partial charge in [-0.15, -0.1) is 0 Å². The highest BCUT2D eigenvalue weighted by Crippen LogP contribution is 2.32. The van der Waals surface area contributed by atoms with Crippen LogP contribution in [0.1, 0.15) is 42.1 Å². The van der Waals surface area contributed by atoms with Crippen molar-refractivity contribution in [2.24, 2.45) is 5.10 Å². The standard InChI is InChI=1S/C25H24N4O2/c1-17(18-10-4-2-5-11-18)26-24(30)25(31)29-28-23-16-22(19-12-6-3-7-13-19)27-21-15-9-8-14-20(21)23/h2-15,17,22,27H,16H2,1H3,(H,26,30)(H,29,31)/b28-23-. The van der Waals surface area contributed by atoms with Crippen molar-refractivity contribution in [3.63, 3.8) is 0 Å². The van der Waals surface area contributed by atoms with Crippen molar-refractivity contribution in [1.82, 2.24) is 10.7 Å². The summed E-state index contributed by atoms with van der Waals surface area (Å²) in [6.07, 6.45) is 0.587. The molecule has 2 amide bonds. The van der Waals surface area contributed by atoms with E-state index in [9.17, 15) is 9.59 Å². The maximum absolute atomic E-state index is 12.4. The van der Waals surface area contributed by atoms with Gasteiger partial charge < -0.3 is 10.6 Å². The molecule has 1 heterocycles. The lowest BCUT2D eigenvalue weighted by Gasteiger charge is -2.28. The summed E-state index contributed by atoms with van der Waals surface area (Å²) < 4.78 is 0. The first-order chi connectivity index (χ1) is 15.1. The van der Waals surface area contributed by atoms with Crippen LogP contribution in [-0.2, 0) is 9.59 Å². The predicted octanol–water partition coefficient (Wildman–Crippen LogP) is 3.94. The highest BCUT2D eigenvalue weighted by molar-refractivity contribution is 6.35. The van der Waals surface area contributed by atoms with Crippen molar-refractivity contribution in [3.05, 3.63) is 102 Å². The average molecular weight is 412 g/mol. The number of amides is 2. The molecule has 3 N–H and O–H groups in total. The first kappa shape index (κ1) is 20.3. The van der Waals surface area contributed by atoms with Gasteiger partial charge in [0.05, 0.1) is 17.8 Å². The molecule has 0 spiro atoms. The molecule has 0 aromatic heterocycles. The third-order valence-corrected chi connectivity index (χ3v) is 5.31. The van der Waals surface area contributed by atoms with E-state index in [-0.39, 0.29) is 12.1 Å². The summed E-state index contributed by atoms with van der Waals surface area (Å²) in [5.41, 5.74) is 7.06. The molecule has 3 aromatic carbocycles. The second kappa shape index (κ2) is 9.26. The van der Waals surface area contributed by atoms with Gasteiger partial charge in [0.15, 0.2) is 0 Å². The summed E-state index contributed by atoms with van der Waals surface area (Å²) in [7, 11) is 0. The van der Waals surface area contributed by atoms with Crippen LogP contribution in [0.2, 0.25) is 0 Å². The minimum Gasteiger partial charge on any atom is -0.377 e. The number of hydrogen-bond acceptors (Lipinski definition) is 4. The van der Waals surface area contributed by atoms with Gasteiger partial charge in [-0.1, -0.05) is 78.9 Å². The Morgan fingerprint density at radius 3 is 2.29 bits per heavy atom. The molecule has 0 saturated heterocycles. The Labute approximate surface area is 181 Å². The average Bonchev–Trinajstić information content (AvgIpc) is 2.83. The van der Waals surface area contributed by atoms with Crippen LogP contribution in [0.3, 0.4) is 0 Å². The van der Waals surface area contributed by atoms with Crippen molar-refractivity contribution in [2.45, 2.75) is 25.4 Å². The van der Waals surface area contributed by atoms with E-state index in [4.69, 9.17) is 0 Å². The molecule has 2 unspecified atom stereocenters. The van der Waals surface area contributed by atoms with Crippen molar-refractivity contribution in [1.29, 1.82) is 0 Å². The lowest BCUT2D eigenvalue weighted by Crippen LogP contribution is -2.39. The topological polar surface area (TPSA) is 82.6 Å². The molecule has 6 nitrogen and oxygen atoms in total. The minimum atomic E-state index is -0.789. The monoisotopic (exact) mass is 412 g/mol. The Kier molecular flexibility index (Phi) is 6.08. The molecule has 1 aliphatic rings. The van der Waals surface area contributed by atoms with Crippen LogP contribution in [0.15, 0.2) is 90.0 Å². The summed E-state index contributed by atoms with van der Waals surface area (Å²) in [6, 6.07) is 27.1. The molecule has 0 fully saturated rings. The molecule has 4 rings (SSSR count). The van der Waals surface area contributed by atoms with Gasteiger partial charge in [0.25, 0.3) is 0 Å². The summed E-state index contributed by atoms with van der Waals surface area (Å²) in [6.45, 7) is 1.83. The maximum atomic E-state index is 12.4. The number of anilines is 1. The highest BCUT2D eigenvalue weighted by Gasteiger charge is 2.25. The third-order valence-electron chi connectivity index (χ3n) is 5.31. The zero-order valence-corrected chi connectivity index (χ0v) is 17.2. The van der Waals surface area contributed by atoms with Gasteiger partial charge in [-0.25, -0.2) is 5.43 Å². The smallest absolute Gasteiger partial charge is 0.329 e. The molecule has 2 atom stereocenters. The van der Waals surface area contributed by atoms with Crippen LogP contribution in [0.5, 0.6) is 0 Å². The SMILES string of the molecule is CC(NC(=O)C(=O)N/N=C1/CC(c2ccccc2)Nc2ccccc21)c1ccccc1. The fourth-order valence-corrected chi connectivity index (χ4v) is 3.65. The lowest BCUT2D eigenvalue weighted by atomic mass is 9.92. The first-order valence-corrected chi connectivity index (χ1v) is 10.2. The predicted molar refractivity (Wildman–Crippen MR) is 122 cm³/mol. The number of para-hydroxylation sites is 1. The first-order valence-electron chi connectivity index (χ1n) is 10.2. The quantitative estimate of drug-likeness (QED) is 0.448. The van der Waals surface area contributed by atoms with E-state index in [1.807, 2.05) is 79.7 Å². The lowest BCUT2D eigenvalue weighted by molar-refractivity contribution is -0.139. The van der Waals surface area contributed by atoms with Gasteiger partial charge in [-0.05, 0) is 24.1 Å². The number of carbonyl (C=O) groups excluding carboxylic acids is 2. The van der Waals surface area contributed by atoms with Crippen molar-refractivity contribution < 1.29 is 9.59 Å². The number of benzene rings is 3. The number of hydrogen-bond donors (Lipinski definition) is 3. The summed E-state index contributed by atoms with van der Waals surface area (Å²) in [5, 5.41) is 10.5. The Balaban J connectivity index is 1.48. The van der Waals surface area contributed by atoms with Gasteiger partial charge in [0.1, 0.15) is 0 Å². The molecule has 3 aromatic rings. The van der Waals surface area contributed by atoms with E-state index in [1.54, 1.807) is 0 Å². The molecule has 0 bridgehead atoms. The van der Waals surface area contributed by atoms with E-state index in [0.717, 1.165) is 28.1 Å². The Hall–Kier alpha value is -3.93. The van der Waals surface area contributed by atoms with Crippen LogP contribution >= 0.6 is 0 Å². The molecule has 0 saturated carbocycles. The fraction of sp³-hybridized carbons (Fsp3) is 0.160. The van der Waals surface area contributed by atoms with Gasteiger partial charge in [-0.3, -0.25) is 9.59 Å². The van der Waals surface area contributed by atoms with Gasteiger partial charge in [0.2, 0.25) is 0 Å². The maximum Gasteiger partial charge on any atom is 0.329 e. The van der Waals surface area contributed by atoms with E-state index >= 15 is 0 Å². The zero-order valence-electron chi connectivity index (χ0n) is 17.2. The minimum absolute atomic E-state index is 0.0266. The fourth-order valence-electron chi connectivity index (χ4n) is 3.65. The Morgan fingerprint density at radius 1 is 0.903 bits per heavy atom. The number of hydrazone groups is 1. The van der Waals surface area contributed by atoms with Gasteiger partial charge >= 0.3 is 11.8 Å². The van der Waals surface area contributed by atoms with Crippen LogP contribution in [0, 0.1) is 0 Å². The van der Waals surface area contributed by atoms with Crippen molar-refractivity contribution in [2.75, 3.05) is 5.32 Å². The number of carbonyl (C=O) groups is 2. The number of fused-ring (bicyclic) bond motifs is 1. The molecule has 31 heavy (non-hydrogen) atoms. The second-order valence-electron chi connectivity index (χ2n) is 7.46. The number of nitrogens with zero attached hydrogens (tertiary/aromatic N) is 1. The van der Waals surface area contributed by atoms with Crippen LogP contribution in [0.25, 0.3) is 0 Å². The van der Waals surface area contributed by atoms with Crippen LogP contribution in [-0.4, -0.2) is 17.5 Å². The molecule has 0 aliphatic carbocycles. The van der Waals surface area contributed by atoms with Crippen molar-refractivity contribution >= 4 is 23.2 Å². The van der Waals surface area contributed by atoms with E-state index in [1.165, 1.54) is 0 Å². The van der Waals surface area contributed by atoms with Crippen LogP contribution < -0.4 is 16.1 Å². The third kappa shape index (κ3) is 4.80. The largest absolute Gasteiger partial charge is 0.377 e. The number of nitrogens with one attached hydrogen (secondary N) is 3. The molecule has 6 heteroatoms.